The highest BCUT2D eigenvalue weighted by Crippen LogP contribution is 2.36. The molecule has 1 aromatic carbocycles. The van der Waals surface area contributed by atoms with Gasteiger partial charge in [0.25, 0.3) is 0 Å². The molecule has 144 valence electrons. The number of benzene rings is 1. The van der Waals surface area contributed by atoms with Gasteiger partial charge in [-0.3, -0.25) is 0 Å². The molecule has 0 bridgehead atoms. The number of nitrogens with zero attached hydrogens (tertiary/aromatic N) is 4. The molecular weight excluding hydrogens is 382 g/mol. The third-order valence-electron chi connectivity index (χ3n) is 4.74. The van der Waals surface area contributed by atoms with E-state index < -0.39 is 0 Å². The maximum absolute atomic E-state index is 5.87. The fourth-order valence-corrected chi connectivity index (χ4v) is 4.34. The minimum atomic E-state index is 0.483. The highest BCUT2D eigenvalue weighted by Gasteiger charge is 2.17. The Morgan fingerprint density at radius 3 is 2.93 bits per heavy atom. The van der Waals surface area contributed by atoms with E-state index in [2.05, 4.69) is 43.2 Å². The third-order valence-corrected chi connectivity index (χ3v) is 5.76. The summed E-state index contributed by atoms with van der Waals surface area (Å²) in [5, 5.41) is 1.13. The summed E-state index contributed by atoms with van der Waals surface area (Å²) in [5.41, 5.74) is 3.19. The number of rotatable bonds is 5. The van der Waals surface area contributed by atoms with Crippen molar-refractivity contribution < 1.29 is 4.74 Å². The topological polar surface area (TPSA) is 66.9 Å². The van der Waals surface area contributed by atoms with Gasteiger partial charge in [0.1, 0.15) is 24.4 Å². The van der Waals surface area contributed by atoms with Crippen LogP contribution in [0.3, 0.4) is 0 Å². The van der Waals surface area contributed by atoms with Gasteiger partial charge < -0.3 is 14.6 Å². The number of H-pyrrole nitrogens is 1. The number of nitrogens with one attached hydrogen (secondary N) is 1. The van der Waals surface area contributed by atoms with E-state index >= 15 is 0 Å². The van der Waals surface area contributed by atoms with Crippen molar-refractivity contribution in [2.24, 2.45) is 0 Å². The van der Waals surface area contributed by atoms with Gasteiger partial charge in [0.05, 0.1) is 0 Å². The molecule has 0 unspecified atom stereocenters. The number of ether oxygens (including phenoxy) is 1. The first-order valence-corrected chi connectivity index (χ1v) is 10.4. The Balaban J connectivity index is 1.39. The first-order valence-electron chi connectivity index (χ1n) is 9.39. The minimum absolute atomic E-state index is 0.483. The van der Waals surface area contributed by atoms with E-state index in [-0.39, 0.29) is 0 Å². The summed E-state index contributed by atoms with van der Waals surface area (Å²) >= 11 is 1.85. The smallest absolute Gasteiger partial charge is 0.218 e. The van der Waals surface area contributed by atoms with E-state index in [0.29, 0.717) is 12.5 Å². The summed E-state index contributed by atoms with van der Waals surface area (Å²) in [7, 11) is 0. The van der Waals surface area contributed by atoms with Crippen molar-refractivity contribution in [2.75, 3.05) is 17.2 Å². The van der Waals surface area contributed by atoms with E-state index in [1.54, 1.807) is 6.33 Å². The Morgan fingerprint density at radius 1 is 1.07 bits per heavy atom. The normalized spacial score (nSPS) is 14.1. The monoisotopic (exact) mass is 401 g/mol. The van der Waals surface area contributed by atoms with Gasteiger partial charge in [0.15, 0.2) is 0 Å². The molecule has 4 heterocycles. The van der Waals surface area contributed by atoms with E-state index in [0.717, 1.165) is 34.7 Å². The molecule has 0 saturated carbocycles. The minimum Gasteiger partial charge on any atom is -0.473 e. The molecule has 5 rings (SSSR count). The lowest BCUT2D eigenvalue weighted by Crippen LogP contribution is -2.24. The molecule has 0 amide bonds. The molecule has 0 fully saturated rings. The lowest BCUT2D eigenvalue weighted by Gasteiger charge is -2.26. The molecule has 29 heavy (non-hydrogen) atoms. The lowest BCUT2D eigenvalue weighted by molar-refractivity contribution is 0.293. The number of fused-ring (bicyclic) bond motifs is 1. The largest absolute Gasteiger partial charge is 0.473 e. The number of hydrogen-bond donors (Lipinski definition) is 1. The predicted octanol–water partition coefficient (Wildman–Crippen LogP) is 4.48. The van der Waals surface area contributed by atoms with Gasteiger partial charge in [0, 0.05) is 52.8 Å². The van der Waals surface area contributed by atoms with Gasteiger partial charge in [-0.05, 0) is 17.7 Å². The molecule has 3 aromatic heterocycles. The van der Waals surface area contributed by atoms with Crippen LogP contribution in [0.5, 0.6) is 5.88 Å². The van der Waals surface area contributed by atoms with Gasteiger partial charge in [-0.25, -0.2) is 15.0 Å². The van der Waals surface area contributed by atoms with E-state index in [1.807, 2.05) is 60.6 Å². The number of hydrogen-bond acceptors (Lipinski definition) is 6. The van der Waals surface area contributed by atoms with Crippen LogP contribution in [-0.4, -0.2) is 32.2 Å². The van der Waals surface area contributed by atoms with Crippen molar-refractivity contribution in [3.8, 4) is 5.88 Å². The molecule has 0 atom stereocenters. The molecule has 0 radical (unpaired) electrons. The summed E-state index contributed by atoms with van der Waals surface area (Å²) < 4.78 is 5.87. The average molecular weight is 401 g/mol. The molecule has 1 aliphatic rings. The predicted molar refractivity (Wildman–Crippen MR) is 117 cm³/mol. The third kappa shape index (κ3) is 3.82. The van der Waals surface area contributed by atoms with Crippen LogP contribution in [0, 0.1) is 0 Å². The molecule has 7 heteroatoms. The molecule has 1 N–H and O–H groups in total. The Kier molecular flexibility index (Phi) is 4.88. The second kappa shape index (κ2) is 7.97. The van der Waals surface area contributed by atoms with E-state index in [4.69, 9.17) is 4.74 Å². The number of aromatic nitrogens is 4. The molecular formula is C22H19N5OS. The number of thioether (sulfide) groups is 1. The number of anilines is 1. The van der Waals surface area contributed by atoms with Crippen LogP contribution in [0.25, 0.3) is 15.9 Å². The summed E-state index contributed by atoms with van der Waals surface area (Å²) in [6.45, 7) is 1.36. The van der Waals surface area contributed by atoms with Crippen LogP contribution in [-0.2, 0) is 6.61 Å². The highest BCUT2D eigenvalue weighted by molar-refractivity contribution is 8.08. The zero-order valence-corrected chi connectivity index (χ0v) is 16.5. The van der Waals surface area contributed by atoms with Gasteiger partial charge in [-0.15, -0.1) is 11.8 Å². The van der Waals surface area contributed by atoms with Crippen LogP contribution in [0.4, 0.5) is 5.82 Å². The summed E-state index contributed by atoms with van der Waals surface area (Å²) in [6, 6.07) is 16.1. The SMILES string of the molecule is C1=C(c2ccnc3[nH]ccc23)SCCN1c1cc(OCc2ccccc2)ncn1. The summed E-state index contributed by atoms with van der Waals surface area (Å²) in [5.74, 6) is 2.38. The van der Waals surface area contributed by atoms with Crippen LogP contribution in [0.2, 0.25) is 0 Å². The van der Waals surface area contributed by atoms with Crippen LogP contribution >= 0.6 is 11.8 Å². The molecule has 0 spiro atoms. The molecule has 1 aliphatic heterocycles. The zero-order chi connectivity index (χ0) is 19.5. The summed E-state index contributed by atoms with van der Waals surface area (Å²) in [6.07, 6.45) is 7.48. The maximum Gasteiger partial charge on any atom is 0.218 e. The Hall–Kier alpha value is -3.32. The second-order valence-electron chi connectivity index (χ2n) is 6.62. The standard InChI is InChI=1S/C22H19N5OS/c1-2-4-16(5-3-1)14-28-21-12-20(25-15-26-21)27-10-11-29-19(13-27)17-6-8-23-22-18(17)7-9-24-22/h1-9,12-13,15H,10-11,14H2,(H,23,24). The van der Waals surface area contributed by atoms with Gasteiger partial charge in [-0.1, -0.05) is 30.3 Å². The van der Waals surface area contributed by atoms with Crippen molar-refractivity contribution in [1.82, 2.24) is 19.9 Å². The first kappa shape index (κ1) is 17.8. The van der Waals surface area contributed by atoms with Crippen molar-refractivity contribution >= 4 is 33.5 Å². The Labute approximate surface area is 172 Å². The Bertz CT molecular complexity index is 1160. The maximum atomic E-state index is 5.87. The van der Waals surface area contributed by atoms with E-state index in [9.17, 15) is 0 Å². The zero-order valence-electron chi connectivity index (χ0n) is 15.7. The first-order chi connectivity index (χ1) is 14.4. The Morgan fingerprint density at radius 2 is 2.00 bits per heavy atom. The van der Waals surface area contributed by atoms with Gasteiger partial charge in [0.2, 0.25) is 5.88 Å². The summed E-state index contributed by atoms with van der Waals surface area (Å²) in [4.78, 5) is 19.6. The molecule has 0 aliphatic carbocycles. The fraction of sp³-hybridized carbons (Fsp3) is 0.136. The van der Waals surface area contributed by atoms with Crippen molar-refractivity contribution in [2.45, 2.75) is 6.61 Å². The van der Waals surface area contributed by atoms with Gasteiger partial charge >= 0.3 is 0 Å². The quantitative estimate of drug-likeness (QED) is 0.532. The second-order valence-corrected chi connectivity index (χ2v) is 7.76. The molecule has 6 nitrogen and oxygen atoms in total. The molecule has 0 saturated heterocycles. The van der Waals surface area contributed by atoms with Crippen LogP contribution in [0.1, 0.15) is 11.1 Å². The lowest BCUT2D eigenvalue weighted by atomic mass is 10.2. The van der Waals surface area contributed by atoms with Gasteiger partial charge in [-0.2, -0.15) is 0 Å². The molecule has 4 aromatic rings. The van der Waals surface area contributed by atoms with E-state index in [1.165, 1.54) is 10.5 Å². The van der Waals surface area contributed by atoms with Crippen LogP contribution in [0.15, 0.2) is 73.5 Å². The number of aromatic amines is 1. The van der Waals surface area contributed by atoms with Crippen molar-refractivity contribution in [3.63, 3.8) is 0 Å². The van der Waals surface area contributed by atoms with Crippen LogP contribution < -0.4 is 9.64 Å². The van der Waals surface area contributed by atoms with Crippen molar-refractivity contribution in [3.05, 3.63) is 84.6 Å². The average Bonchev–Trinajstić information content (AvgIpc) is 3.28. The number of pyridine rings is 1. The fourth-order valence-electron chi connectivity index (χ4n) is 3.30. The van der Waals surface area contributed by atoms with Crippen molar-refractivity contribution in [1.29, 1.82) is 0 Å². The highest BCUT2D eigenvalue weighted by atomic mass is 32.2.